The lowest BCUT2D eigenvalue weighted by atomic mass is 10.2. The molecule has 0 aliphatic rings. The van der Waals surface area contributed by atoms with Gasteiger partial charge in [0.05, 0.1) is 12.2 Å². The molecule has 5 nitrogen and oxygen atoms in total. The second-order valence-corrected chi connectivity index (χ2v) is 6.28. The van der Waals surface area contributed by atoms with E-state index < -0.39 is 0 Å². The van der Waals surface area contributed by atoms with E-state index in [0.29, 0.717) is 31.1 Å². The topological polar surface area (TPSA) is 54.5 Å². The van der Waals surface area contributed by atoms with Crippen LogP contribution in [0.2, 0.25) is 0 Å². The Bertz CT molecular complexity index is 806. The number of aromatic nitrogens is 1. The molecule has 0 spiro atoms. The zero-order chi connectivity index (χ0) is 18.9. The third-order valence-corrected chi connectivity index (χ3v) is 4.07. The summed E-state index contributed by atoms with van der Waals surface area (Å²) >= 11 is 3.40. The van der Waals surface area contributed by atoms with Crippen molar-refractivity contribution in [3.05, 3.63) is 52.1 Å². The average molecular weight is 416 g/mol. The summed E-state index contributed by atoms with van der Waals surface area (Å²) in [6, 6.07) is 9.22. The molecule has 0 unspecified atom stereocenters. The summed E-state index contributed by atoms with van der Waals surface area (Å²) in [5, 5.41) is 2.83. The van der Waals surface area contributed by atoms with Crippen LogP contribution in [0.3, 0.4) is 0 Å². The van der Waals surface area contributed by atoms with Crippen molar-refractivity contribution in [1.82, 2.24) is 9.88 Å². The molecule has 0 fully saturated rings. The number of rotatable bonds is 5. The number of ether oxygens (including phenoxy) is 1. The molecule has 2 rings (SSSR count). The monoisotopic (exact) mass is 415 g/mol. The summed E-state index contributed by atoms with van der Waals surface area (Å²) in [5.41, 5.74) is 1.50. The summed E-state index contributed by atoms with van der Waals surface area (Å²) in [4.78, 5) is 18.3. The first-order valence-corrected chi connectivity index (χ1v) is 9.33. The minimum absolute atomic E-state index is 0.186. The highest BCUT2D eigenvalue weighted by molar-refractivity contribution is 9.10. The number of halogens is 1. The zero-order valence-corrected chi connectivity index (χ0v) is 16.8. The molecule has 26 heavy (non-hydrogen) atoms. The van der Waals surface area contributed by atoms with E-state index in [2.05, 4.69) is 38.1 Å². The van der Waals surface area contributed by atoms with Crippen molar-refractivity contribution in [2.45, 2.75) is 20.8 Å². The zero-order valence-electron chi connectivity index (χ0n) is 15.2. The van der Waals surface area contributed by atoms with Gasteiger partial charge in [-0.25, -0.2) is 9.78 Å². The summed E-state index contributed by atoms with van der Waals surface area (Å²) in [6.45, 7) is 7.71. The van der Waals surface area contributed by atoms with E-state index in [0.717, 1.165) is 15.8 Å². The summed E-state index contributed by atoms with van der Waals surface area (Å²) < 4.78 is 6.23. The number of pyridine rings is 1. The number of hydrogen-bond donors (Lipinski definition) is 1. The Labute approximate surface area is 162 Å². The van der Waals surface area contributed by atoms with Gasteiger partial charge in [-0.3, -0.25) is 5.32 Å². The van der Waals surface area contributed by atoms with Crippen LogP contribution >= 0.6 is 15.9 Å². The van der Waals surface area contributed by atoms with Gasteiger partial charge in [0, 0.05) is 29.3 Å². The summed E-state index contributed by atoms with van der Waals surface area (Å²) in [5.74, 6) is 7.44. The normalized spacial score (nSPS) is 9.85. The van der Waals surface area contributed by atoms with Crippen molar-refractivity contribution in [1.29, 1.82) is 0 Å². The van der Waals surface area contributed by atoms with Gasteiger partial charge in [-0.15, -0.1) is 0 Å². The molecule has 0 saturated carbocycles. The molecule has 1 aromatic heterocycles. The minimum Gasteiger partial charge on any atom is -0.494 e. The molecule has 0 atom stereocenters. The molecular weight excluding hydrogens is 394 g/mol. The van der Waals surface area contributed by atoms with Crippen LogP contribution in [0.5, 0.6) is 5.75 Å². The van der Waals surface area contributed by atoms with E-state index in [-0.39, 0.29) is 6.03 Å². The molecule has 6 heteroatoms. The van der Waals surface area contributed by atoms with E-state index in [9.17, 15) is 4.79 Å². The van der Waals surface area contributed by atoms with Gasteiger partial charge < -0.3 is 9.64 Å². The van der Waals surface area contributed by atoms with Crippen molar-refractivity contribution in [3.8, 4) is 17.6 Å². The quantitative estimate of drug-likeness (QED) is 0.730. The van der Waals surface area contributed by atoms with Crippen molar-refractivity contribution >= 4 is 27.8 Å². The molecule has 0 bridgehead atoms. The molecule has 0 radical (unpaired) electrons. The van der Waals surface area contributed by atoms with Crippen LogP contribution in [0.1, 0.15) is 31.9 Å². The number of hydrogen-bond acceptors (Lipinski definition) is 3. The molecule has 0 saturated heterocycles. The van der Waals surface area contributed by atoms with Crippen molar-refractivity contribution in [2.75, 3.05) is 25.0 Å². The van der Waals surface area contributed by atoms with E-state index >= 15 is 0 Å². The van der Waals surface area contributed by atoms with Gasteiger partial charge in [0.2, 0.25) is 0 Å². The molecule has 1 aromatic carbocycles. The summed E-state index contributed by atoms with van der Waals surface area (Å²) in [7, 11) is 0. The largest absolute Gasteiger partial charge is 0.494 e. The number of nitrogens with one attached hydrogen (secondary N) is 1. The number of urea groups is 1. The molecule has 1 N–H and O–H groups in total. The van der Waals surface area contributed by atoms with Crippen LogP contribution in [-0.2, 0) is 0 Å². The fourth-order valence-electron chi connectivity index (χ4n) is 2.27. The maximum absolute atomic E-state index is 12.3. The predicted octanol–water partition coefficient (Wildman–Crippen LogP) is 4.52. The maximum atomic E-state index is 12.3. The Balaban J connectivity index is 2.24. The first-order chi connectivity index (χ1) is 12.6. The van der Waals surface area contributed by atoms with E-state index in [1.165, 1.54) is 0 Å². The Morgan fingerprint density at radius 2 is 1.88 bits per heavy atom. The van der Waals surface area contributed by atoms with Gasteiger partial charge >= 0.3 is 6.03 Å². The lowest BCUT2D eigenvalue weighted by Crippen LogP contribution is -2.34. The highest BCUT2D eigenvalue weighted by atomic mass is 79.9. The number of nitrogens with zero attached hydrogens (tertiary/aromatic N) is 2. The van der Waals surface area contributed by atoms with Crippen LogP contribution in [0.25, 0.3) is 0 Å². The molecular formula is C20H22BrN3O2. The van der Waals surface area contributed by atoms with Gasteiger partial charge in [-0.2, -0.15) is 0 Å². The molecule has 136 valence electrons. The SMILES string of the molecule is CCOc1ccc(C#Cc2cc(Br)cnc2NC(=O)N(CC)CC)cc1. The fraction of sp³-hybridized carbons (Fsp3) is 0.300. The van der Waals surface area contributed by atoms with Gasteiger partial charge in [0.25, 0.3) is 0 Å². The Kier molecular flexibility index (Phi) is 7.49. The van der Waals surface area contributed by atoms with E-state index in [4.69, 9.17) is 4.74 Å². The Morgan fingerprint density at radius 1 is 1.19 bits per heavy atom. The second kappa shape index (κ2) is 9.83. The first-order valence-electron chi connectivity index (χ1n) is 8.53. The lowest BCUT2D eigenvalue weighted by molar-refractivity contribution is 0.217. The van der Waals surface area contributed by atoms with Crippen LogP contribution in [-0.4, -0.2) is 35.6 Å². The van der Waals surface area contributed by atoms with Gasteiger partial charge in [-0.1, -0.05) is 11.8 Å². The van der Waals surface area contributed by atoms with Crippen LogP contribution in [0.4, 0.5) is 10.6 Å². The maximum Gasteiger partial charge on any atom is 0.323 e. The average Bonchev–Trinajstić information content (AvgIpc) is 2.64. The van der Waals surface area contributed by atoms with Crippen LogP contribution in [0.15, 0.2) is 41.0 Å². The van der Waals surface area contributed by atoms with Crippen molar-refractivity contribution < 1.29 is 9.53 Å². The van der Waals surface area contributed by atoms with E-state index in [1.807, 2.05) is 51.1 Å². The van der Waals surface area contributed by atoms with Crippen molar-refractivity contribution in [3.63, 3.8) is 0 Å². The number of amides is 2. The van der Waals surface area contributed by atoms with Crippen molar-refractivity contribution in [2.24, 2.45) is 0 Å². The lowest BCUT2D eigenvalue weighted by Gasteiger charge is -2.19. The minimum atomic E-state index is -0.186. The number of anilines is 1. The number of carbonyl (C=O) groups is 1. The van der Waals surface area contributed by atoms with Gasteiger partial charge in [0.1, 0.15) is 11.6 Å². The highest BCUT2D eigenvalue weighted by Crippen LogP contribution is 2.18. The smallest absolute Gasteiger partial charge is 0.323 e. The van der Waals surface area contributed by atoms with Crippen LogP contribution in [0, 0.1) is 11.8 Å². The number of benzene rings is 1. The standard InChI is InChI=1S/C20H22BrN3O2/c1-4-24(5-2)20(25)23-19-16(13-17(21)14-22-19)10-7-15-8-11-18(12-9-15)26-6-3/h8-9,11-14H,4-6H2,1-3H3,(H,22,23,25). The highest BCUT2D eigenvalue weighted by Gasteiger charge is 2.12. The van der Waals surface area contributed by atoms with E-state index in [1.54, 1.807) is 11.1 Å². The first kappa shape index (κ1) is 19.8. The molecule has 0 aliphatic carbocycles. The Morgan fingerprint density at radius 3 is 2.50 bits per heavy atom. The summed E-state index contributed by atoms with van der Waals surface area (Å²) in [6.07, 6.45) is 1.64. The van der Waals surface area contributed by atoms with Crippen LogP contribution < -0.4 is 10.1 Å². The van der Waals surface area contributed by atoms with Gasteiger partial charge in [0.15, 0.2) is 0 Å². The van der Waals surface area contributed by atoms with Gasteiger partial charge in [-0.05, 0) is 67.0 Å². The molecule has 2 aromatic rings. The third kappa shape index (κ3) is 5.50. The third-order valence-electron chi connectivity index (χ3n) is 3.64. The molecule has 2 amide bonds. The molecule has 1 heterocycles. The second-order valence-electron chi connectivity index (χ2n) is 5.36. The molecule has 0 aliphatic heterocycles. The fourth-order valence-corrected chi connectivity index (χ4v) is 2.60. The predicted molar refractivity (Wildman–Crippen MR) is 107 cm³/mol. The number of carbonyl (C=O) groups excluding carboxylic acids is 1. The Hall–Kier alpha value is -2.52.